The highest BCUT2D eigenvalue weighted by Crippen LogP contribution is 2.62. The van der Waals surface area contributed by atoms with Crippen molar-refractivity contribution in [1.82, 2.24) is 0 Å². The summed E-state index contributed by atoms with van der Waals surface area (Å²) in [6.07, 6.45) is 5.57. The zero-order valence-electron chi connectivity index (χ0n) is 13.3. The number of ether oxygens (including phenoxy) is 3. The van der Waals surface area contributed by atoms with Crippen LogP contribution in [0, 0.1) is 17.8 Å². The molecule has 0 N–H and O–H groups in total. The maximum Gasteiger partial charge on any atom is 0.324 e. The standard InChI is InChI=1S/C18H20O5/c1-4-11-23-15-10-8-7-9-13(15)14-12-18(14,16(19)21-5-2)17(20)22-6-3/h1,7-10,14H,5-6,11-12H2,2-3H3. The molecule has 1 aromatic rings. The van der Waals surface area contributed by atoms with Crippen molar-refractivity contribution in [2.75, 3.05) is 19.8 Å². The molecule has 0 heterocycles. The molecule has 5 heteroatoms. The minimum atomic E-state index is -1.28. The Kier molecular flexibility index (Phi) is 5.28. The smallest absolute Gasteiger partial charge is 0.324 e. The molecule has 23 heavy (non-hydrogen) atoms. The van der Waals surface area contributed by atoms with Crippen LogP contribution >= 0.6 is 0 Å². The zero-order valence-corrected chi connectivity index (χ0v) is 13.3. The second-order valence-corrected chi connectivity index (χ2v) is 5.20. The molecule has 0 amide bonds. The van der Waals surface area contributed by atoms with Gasteiger partial charge < -0.3 is 14.2 Å². The van der Waals surface area contributed by atoms with Crippen molar-refractivity contribution < 1.29 is 23.8 Å². The first kappa shape index (κ1) is 16.9. The Morgan fingerprint density at radius 3 is 2.39 bits per heavy atom. The Labute approximate surface area is 135 Å². The van der Waals surface area contributed by atoms with Crippen LogP contribution < -0.4 is 4.74 Å². The zero-order chi connectivity index (χ0) is 16.9. The summed E-state index contributed by atoms with van der Waals surface area (Å²) in [6, 6.07) is 7.24. The van der Waals surface area contributed by atoms with Crippen LogP contribution in [-0.2, 0) is 19.1 Å². The summed E-state index contributed by atoms with van der Waals surface area (Å²) in [7, 11) is 0. The summed E-state index contributed by atoms with van der Waals surface area (Å²) in [4.78, 5) is 24.7. The van der Waals surface area contributed by atoms with E-state index in [1.165, 1.54) is 0 Å². The van der Waals surface area contributed by atoms with Gasteiger partial charge in [-0.05, 0) is 31.9 Å². The first-order valence-corrected chi connectivity index (χ1v) is 7.61. The highest BCUT2D eigenvalue weighted by atomic mass is 16.6. The van der Waals surface area contributed by atoms with Gasteiger partial charge in [0.2, 0.25) is 0 Å². The van der Waals surface area contributed by atoms with E-state index in [1.807, 2.05) is 18.2 Å². The Bertz CT molecular complexity index is 611. The van der Waals surface area contributed by atoms with Crippen LogP contribution in [0.4, 0.5) is 0 Å². The minimum absolute atomic E-state index is 0.121. The van der Waals surface area contributed by atoms with Crippen LogP contribution in [0.2, 0.25) is 0 Å². The fourth-order valence-electron chi connectivity index (χ4n) is 2.71. The second-order valence-electron chi connectivity index (χ2n) is 5.20. The fourth-order valence-corrected chi connectivity index (χ4v) is 2.71. The normalized spacial score (nSPS) is 17.7. The van der Waals surface area contributed by atoms with E-state index < -0.39 is 17.4 Å². The average molecular weight is 316 g/mol. The number of terminal acetylenes is 1. The van der Waals surface area contributed by atoms with Crippen LogP contribution in [0.1, 0.15) is 31.7 Å². The van der Waals surface area contributed by atoms with Gasteiger partial charge in [-0.2, -0.15) is 0 Å². The molecular weight excluding hydrogens is 296 g/mol. The lowest BCUT2D eigenvalue weighted by atomic mass is 9.98. The van der Waals surface area contributed by atoms with Gasteiger partial charge in [-0.3, -0.25) is 9.59 Å². The maximum atomic E-state index is 12.4. The van der Waals surface area contributed by atoms with Crippen molar-refractivity contribution >= 4 is 11.9 Å². The number of benzene rings is 1. The Balaban J connectivity index is 2.32. The van der Waals surface area contributed by atoms with Crippen molar-refractivity contribution in [1.29, 1.82) is 0 Å². The molecule has 0 radical (unpaired) electrons. The lowest BCUT2D eigenvalue weighted by Gasteiger charge is -2.16. The lowest BCUT2D eigenvalue weighted by molar-refractivity contribution is -0.164. The molecule has 122 valence electrons. The van der Waals surface area contributed by atoms with E-state index in [0.29, 0.717) is 12.2 Å². The highest BCUT2D eigenvalue weighted by Gasteiger charge is 2.69. The molecule has 0 bridgehead atoms. The summed E-state index contributed by atoms with van der Waals surface area (Å²) in [6.45, 7) is 3.95. The van der Waals surface area contributed by atoms with Gasteiger partial charge in [0.1, 0.15) is 12.4 Å². The maximum absolute atomic E-state index is 12.4. The van der Waals surface area contributed by atoms with Crippen molar-refractivity contribution in [3.8, 4) is 18.1 Å². The van der Waals surface area contributed by atoms with Crippen LogP contribution in [0.3, 0.4) is 0 Å². The van der Waals surface area contributed by atoms with Gasteiger partial charge >= 0.3 is 11.9 Å². The monoisotopic (exact) mass is 316 g/mol. The SMILES string of the molecule is C#CCOc1ccccc1C1CC1(C(=O)OCC)C(=O)OCC. The fraction of sp³-hybridized carbons (Fsp3) is 0.444. The van der Waals surface area contributed by atoms with Gasteiger partial charge in [0.25, 0.3) is 0 Å². The topological polar surface area (TPSA) is 61.8 Å². The molecule has 1 unspecified atom stereocenters. The molecule has 1 atom stereocenters. The molecule has 0 aliphatic heterocycles. The quantitative estimate of drug-likeness (QED) is 0.439. The number of hydrogen-bond donors (Lipinski definition) is 0. The van der Waals surface area contributed by atoms with E-state index in [9.17, 15) is 9.59 Å². The Morgan fingerprint density at radius 1 is 1.22 bits per heavy atom. The highest BCUT2D eigenvalue weighted by molar-refractivity contribution is 6.05. The molecule has 1 saturated carbocycles. The molecule has 0 saturated heterocycles. The van der Waals surface area contributed by atoms with Crippen molar-refractivity contribution in [2.45, 2.75) is 26.2 Å². The molecule has 5 nitrogen and oxygen atoms in total. The van der Waals surface area contributed by atoms with Crippen LogP contribution in [0.25, 0.3) is 0 Å². The molecule has 0 aromatic heterocycles. The largest absolute Gasteiger partial charge is 0.481 e. The molecule has 1 aromatic carbocycles. The lowest BCUT2D eigenvalue weighted by Crippen LogP contribution is -2.31. The first-order valence-electron chi connectivity index (χ1n) is 7.61. The minimum Gasteiger partial charge on any atom is -0.481 e. The Hall–Kier alpha value is -2.48. The van der Waals surface area contributed by atoms with Gasteiger partial charge in [0.15, 0.2) is 5.41 Å². The van der Waals surface area contributed by atoms with Crippen LogP contribution in [-0.4, -0.2) is 31.8 Å². The van der Waals surface area contributed by atoms with E-state index in [2.05, 4.69) is 5.92 Å². The van der Waals surface area contributed by atoms with E-state index in [4.69, 9.17) is 20.6 Å². The van der Waals surface area contributed by atoms with E-state index in [0.717, 1.165) is 5.56 Å². The first-order chi connectivity index (χ1) is 11.1. The van der Waals surface area contributed by atoms with Crippen LogP contribution in [0.15, 0.2) is 24.3 Å². The molecule has 1 fully saturated rings. The summed E-state index contributed by atoms with van der Waals surface area (Å²) in [5.41, 5.74) is -0.509. The third-order valence-electron chi connectivity index (χ3n) is 3.85. The van der Waals surface area contributed by atoms with Gasteiger partial charge in [-0.15, -0.1) is 6.42 Å². The Morgan fingerprint density at radius 2 is 1.83 bits per heavy atom. The number of rotatable bonds is 7. The van der Waals surface area contributed by atoms with E-state index in [1.54, 1.807) is 19.9 Å². The molecule has 1 aliphatic carbocycles. The number of para-hydroxylation sites is 1. The van der Waals surface area contributed by atoms with Gasteiger partial charge in [0, 0.05) is 5.92 Å². The predicted octanol–water partition coefficient (Wildman–Crippen LogP) is 2.30. The van der Waals surface area contributed by atoms with E-state index in [-0.39, 0.29) is 25.7 Å². The predicted molar refractivity (Wildman–Crippen MR) is 83.8 cm³/mol. The summed E-state index contributed by atoms with van der Waals surface area (Å²) in [5.74, 6) is 1.56. The third-order valence-corrected chi connectivity index (χ3v) is 3.85. The van der Waals surface area contributed by atoms with Crippen molar-refractivity contribution in [2.24, 2.45) is 5.41 Å². The number of hydrogen-bond acceptors (Lipinski definition) is 5. The van der Waals surface area contributed by atoms with Gasteiger partial charge in [0.05, 0.1) is 13.2 Å². The molecular formula is C18H20O5. The average Bonchev–Trinajstić information content (AvgIpc) is 3.30. The number of carbonyl (C=O) groups is 2. The summed E-state index contributed by atoms with van der Waals surface area (Å²) >= 11 is 0. The van der Waals surface area contributed by atoms with Gasteiger partial charge in [-0.25, -0.2) is 0 Å². The summed E-state index contributed by atoms with van der Waals surface area (Å²) < 4.78 is 15.7. The van der Waals surface area contributed by atoms with E-state index >= 15 is 0 Å². The molecule has 0 spiro atoms. The molecule has 2 rings (SSSR count). The molecule has 1 aliphatic rings. The van der Waals surface area contributed by atoms with Crippen molar-refractivity contribution in [3.05, 3.63) is 29.8 Å². The third kappa shape index (κ3) is 3.16. The number of esters is 2. The number of carbonyl (C=O) groups excluding carboxylic acids is 2. The summed E-state index contributed by atoms with van der Waals surface area (Å²) in [5, 5.41) is 0. The van der Waals surface area contributed by atoms with Crippen LogP contribution in [0.5, 0.6) is 5.75 Å². The van der Waals surface area contributed by atoms with Crippen molar-refractivity contribution in [3.63, 3.8) is 0 Å². The second kappa shape index (κ2) is 7.19. The van der Waals surface area contributed by atoms with Gasteiger partial charge in [-0.1, -0.05) is 24.1 Å².